The fourth-order valence-corrected chi connectivity index (χ4v) is 4.14. The largest absolute Gasteiger partial charge is 0.493 e. The predicted molar refractivity (Wildman–Crippen MR) is 130 cm³/mol. The molecule has 0 saturated carbocycles. The van der Waals surface area contributed by atoms with Gasteiger partial charge in [-0.2, -0.15) is 9.78 Å². The summed E-state index contributed by atoms with van der Waals surface area (Å²) < 4.78 is 8.25. The minimum atomic E-state index is -0.377. The number of piperazine rings is 1. The topological polar surface area (TPSA) is 79.1 Å². The zero-order chi connectivity index (χ0) is 23.4. The number of nitrogens with zero attached hydrogens (tertiary/aromatic N) is 5. The van der Waals surface area contributed by atoms with Crippen molar-refractivity contribution in [3.05, 3.63) is 63.9 Å². The number of hydrogen-bond acceptors (Lipinski definition) is 6. The third-order valence-corrected chi connectivity index (χ3v) is 6.25. The van der Waals surface area contributed by atoms with Gasteiger partial charge >= 0.3 is 5.69 Å². The van der Waals surface area contributed by atoms with E-state index in [1.807, 2.05) is 18.2 Å². The first-order chi connectivity index (χ1) is 15.9. The van der Waals surface area contributed by atoms with Crippen LogP contribution >= 0.6 is 11.6 Å². The second-order valence-electron chi connectivity index (χ2n) is 8.54. The van der Waals surface area contributed by atoms with Gasteiger partial charge in [-0.1, -0.05) is 11.6 Å². The fraction of sp³-hybridized carbons (Fsp3) is 0.417. The minimum absolute atomic E-state index is 0.0944. The van der Waals surface area contributed by atoms with Crippen LogP contribution in [0, 0.1) is 0 Å². The Kier molecular flexibility index (Phi) is 7.37. The molecule has 0 spiro atoms. The summed E-state index contributed by atoms with van der Waals surface area (Å²) >= 11 is 5.93. The van der Waals surface area contributed by atoms with Crippen molar-refractivity contribution in [3.8, 4) is 17.2 Å². The molecule has 0 amide bonds. The third-order valence-electron chi connectivity index (χ3n) is 6.00. The van der Waals surface area contributed by atoms with Crippen molar-refractivity contribution in [1.29, 1.82) is 0 Å². The average molecular weight is 472 g/mol. The Labute approximate surface area is 198 Å². The minimum Gasteiger partial charge on any atom is -0.493 e. The molecular formula is C24H30ClN5O3. The predicted octanol–water partition coefficient (Wildman–Crippen LogP) is 3.57. The Balaban J connectivity index is 1.33. The van der Waals surface area contributed by atoms with Gasteiger partial charge in [0.25, 0.3) is 0 Å². The average Bonchev–Trinajstić information content (AvgIpc) is 3.38. The lowest BCUT2D eigenvalue weighted by molar-refractivity contribution is 0.107. The highest BCUT2D eigenvalue weighted by molar-refractivity contribution is 6.30. The van der Waals surface area contributed by atoms with Crippen molar-refractivity contribution in [2.45, 2.75) is 32.9 Å². The van der Waals surface area contributed by atoms with Gasteiger partial charge in [0.1, 0.15) is 11.5 Å². The SMILES string of the molecule is CC(C)N1CCN(CCCn2c(O)cn(N=Cc3ccc(-c4ccc(Cl)cc4)o3)c2=O)CC1. The van der Waals surface area contributed by atoms with Gasteiger partial charge in [-0.15, -0.1) is 0 Å². The molecule has 0 aliphatic carbocycles. The van der Waals surface area contributed by atoms with Gasteiger partial charge in [0, 0.05) is 49.4 Å². The van der Waals surface area contributed by atoms with Crippen molar-refractivity contribution < 1.29 is 9.52 Å². The standard InChI is InChI=1S/C24H30ClN5O3/c1-18(2)28-14-12-27(13-15-28)10-3-11-29-23(31)17-30(24(29)32)26-16-21-8-9-22(33-21)19-4-6-20(25)7-5-19/h4-9,16-18,31H,3,10-15H2,1-2H3. The van der Waals surface area contributed by atoms with E-state index < -0.39 is 0 Å². The molecule has 1 fully saturated rings. The van der Waals surface area contributed by atoms with E-state index in [4.69, 9.17) is 16.0 Å². The highest BCUT2D eigenvalue weighted by Crippen LogP contribution is 2.23. The van der Waals surface area contributed by atoms with E-state index in [1.54, 1.807) is 18.2 Å². The number of aromatic hydroxyl groups is 1. The van der Waals surface area contributed by atoms with Crippen LogP contribution in [0.15, 0.2) is 56.9 Å². The lowest BCUT2D eigenvalue weighted by Gasteiger charge is -2.36. The summed E-state index contributed by atoms with van der Waals surface area (Å²) in [6, 6.07) is 11.5. The van der Waals surface area contributed by atoms with E-state index >= 15 is 0 Å². The van der Waals surface area contributed by atoms with Crippen molar-refractivity contribution in [2.75, 3.05) is 32.7 Å². The first kappa shape index (κ1) is 23.4. The molecule has 0 unspecified atom stereocenters. The second-order valence-corrected chi connectivity index (χ2v) is 8.98. The molecule has 1 aliphatic rings. The van der Waals surface area contributed by atoms with E-state index in [-0.39, 0.29) is 11.6 Å². The Bertz CT molecular complexity index is 1140. The molecule has 33 heavy (non-hydrogen) atoms. The number of hydrogen-bond donors (Lipinski definition) is 1. The van der Waals surface area contributed by atoms with E-state index in [2.05, 4.69) is 28.7 Å². The van der Waals surface area contributed by atoms with Gasteiger partial charge < -0.3 is 14.4 Å². The van der Waals surface area contributed by atoms with Crippen molar-refractivity contribution in [1.82, 2.24) is 19.0 Å². The lowest BCUT2D eigenvalue weighted by Crippen LogP contribution is -2.49. The van der Waals surface area contributed by atoms with Gasteiger partial charge in [0.15, 0.2) is 0 Å². The van der Waals surface area contributed by atoms with Crippen LogP contribution in [0.2, 0.25) is 5.02 Å². The Morgan fingerprint density at radius 3 is 2.52 bits per heavy atom. The van der Waals surface area contributed by atoms with Crippen LogP contribution in [-0.2, 0) is 6.54 Å². The van der Waals surface area contributed by atoms with Crippen LogP contribution in [0.1, 0.15) is 26.0 Å². The summed E-state index contributed by atoms with van der Waals surface area (Å²) in [5.41, 5.74) is 0.517. The van der Waals surface area contributed by atoms with Crippen molar-refractivity contribution >= 4 is 17.8 Å². The van der Waals surface area contributed by atoms with Crippen LogP contribution < -0.4 is 5.69 Å². The van der Waals surface area contributed by atoms with Gasteiger partial charge in [0.2, 0.25) is 5.88 Å². The Hall–Kier alpha value is -2.81. The molecule has 3 aromatic rings. The number of halogens is 1. The highest BCUT2D eigenvalue weighted by Gasteiger charge is 2.18. The number of rotatable bonds is 8. The molecule has 176 valence electrons. The zero-order valence-electron chi connectivity index (χ0n) is 19.0. The second kappa shape index (κ2) is 10.4. The summed E-state index contributed by atoms with van der Waals surface area (Å²) in [6.07, 6.45) is 3.56. The van der Waals surface area contributed by atoms with Crippen LogP contribution in [0.5, 0.6) is 5.88 Å². The van der Waals surface area contributed by atoms with Crippen LogP contribution in [0.25, 0.3) is 11.3 Å². The molecule has 1 aromatic carbocycles. The Morgan fingerprint density at radius 2 is 1.82 bits per heavy atom. The summed E-state index contributed by atoms with van der Waals surface area (Å²) in [5.74, 6) is 1.08. The third kappa shape index (κ3) is 5.76. The van der Waals surface area contributed by atoms with E-state index in [1.165, 1.54) is 17.0 Å². The summed E-state index contributed by atoms with van der Waals surface area (Å²) in [4.78, 5) is 17.5. The van der Waals surface area contributed by atoms with Gasteiger partial charge in [-0.25, -0.2) is 4.79 Å². The van der Waals surface area contributed by atoms with E-state index in [0.29, 0.717) is 29.1 Å². The highest BCUT2D eigenvalue weighted by atomic mass is 35.5. The molecule has 1 N–H and O–H groups in total. The molecular weight excluding hydrogens is 442 g/mol. The summed E-state index contributed by atoms with van der Waals surface area (Å²) in [6.45, 7) is 9.99. The molecule has 8 nitrogen and oxygen atoms in total. The van der Waals surface area contributed by atoms with Crippen LogP contribution in [-0.4, -0.2) is 69.1 Å². The summed E-state index contributed by atoms with van der Waals surface area (Å²) in [7, 11) is 0. The Morgan fingerprint density at radius 1 is 1.09 bits per heavy atom. The van der Waals surface area contributed by atoms with Gasteiger partial charge in [-0.3, -0.25) is 9.47 Å². The van der Waals surface area contributed by atoms with Crippen molar-refractivity contribution in [3.63, 3.8) is 0 Å². The summed E-state index contributed by atoms with van der Waals surface area (Å²) in [5, 5.41) is 15.1. The fourth-order valence-electron chi connectivity index (χ4n) is 4.02. The van der Waals surface area contributed by atoms with E-state index in [9.17, 15) is 9.90 Å². The molecule has 4 rings (SSSR count). The first-order valence-electron chi connectivity index (χ1n) is 11.3. The number of imidazole rings is 1. The molecule has 0 bridgehead atoms. The molecule has 3 heterocycles. The molecule has 0 radical (unpaired) electrons. The first-order valence-corrected chi connectivity index (χ1v) is 11.7. The van der Waals surface area contributed by atoms with E-state index in [0.717, 1.165) is 49.4 Å². The van der Waals surface area contributed by atoms with Crippen molar-refractivity contribution in [2.24, 2.45) is 5.10 Å². The van der Waals surface area contributed by atoms with Crippen LogP contribution in [0.4, 0.5) is 0 Å². The molecule has 0 atom stereocenters. The maximum absolute atomic E-state index is 12.7. The maximum Gasteiger partial charge on any atom is 0.351 e. The number of benzene rings is 1. The lowest BCUT2D eigenvalue weighted by atomic mass is 10.2. The van der Waals surface area contributed by atoms with Gasteiger partial charge in [-0.05, 0) is 63.2 Å². The molecule has 2 aromatic heterocycles. The normalized spacial score (nSPS) is 15.8. The molecule has 1 aliphatic heterocycles. The smallest absolute Gasteiger partial charge is 0.351 e. The van der Waals surface area contributed by atoms with Gasteiger partial charge in [0.05, 0.1) is 12.4 Å². The maximum atomic E-state index is 12.7. The van der Waals surface area contributed by atoms with Crippen LogP contribution in [0.3, 0.4) is 0 Å². The monoisotopic (exact) mass is 471 g/mol. The quantitative estimate of drug-likeness (QED) is 0.508. The number of furan rings is 1. The molecule has 1 saturated heterocycles. The molecule has 9 heteroatoms. The zero-order valence-corrected chi connectivity index (χ0v) is 19.8. The number of aromatic nitrogens is 2.